The van der Waals surface area contributed by atoms with E-state index in [-0.39, 0.29) is 34.5 Å². The number of nitrogens with zero attached hydrogens (tertiary/aromatic N) is 3. The van der Waals surface area contributed by atoms with Crippen molar-refractivity contribution >= 4 is 46.6 Å². The second-order valence-corrected chi connectivity index (χ2v) is 8.99. The van der Waals surface area contributed by atoms with Crippen LogP contribution in [0.25, 0.3) is 11.4 Å². The number of rotatable bonds is 11. The number of likely N-dealkylation sites (N-methyl/N-ethyl adjacent to an activating group) is 1. The molecule has 3 aromatic rings. The Labute approximate surface area is 211 Å². The predicted molar refractivity (Wildman–Crippen MR) is 138 cm³/mol. The first-order chi connectivity index (χ1) is 16.7. The van der Waals surface area contributed by atoms with Gasteiger partial charge in [-0.15, -0.1) is 0 Å². The van der Waals surface area contributed by atoms with Crippen molar-refractivity contribution in [3.05, 3.63) is 58.6 Å². The minimum atomic E-state index is -0.591. The second kappa shape index (κ2) is 12.1. The quantitative estimate of drug-likeness (QED) is 0.185. The number of benzene rings is 2. The Bertz CT molecular complexity index is 1210. The summed E-state index contributed by atoms with van der Waals surface area (Å²) in [7, 11) is 1.87. The van der Waals surface area contributed by atoms with E-state index >= 15 is 0 Å². The van der Waals surface area contributed by atoms with Crippen molar-refractivity contribution in [3.8, 4) is 11.4 Å². The zero-order chi connectivity index (χ0) is 25.5. The Hall–Kier alpha value is -2.99. The van der Waals surface area contributed by atoms with Crippen LogP contribution in [-0.2, 0) is 0 Å². The van der Waals surface area contributed by atoms with E-state index in [4.69, 9.17) is 27.9 Å². The summed E-state index contributed by atoms with van der Waals surface area (Å²) in [5.41, 5.74) is 7.20. The lowest BCUT2D eigenvalue weighted by Gasteiger charge is -2.18. The maximum Gasteiger partial charge on any atom is 0.163 e. The summed E-state index contributed by atoms with van der Waals surface area (Å²) in [4.78, 5) is 10.9. The summed E-state index contributed by atoms with van der Waals surface area (Å²) >= 11 is 6.80. The van der Waals surface area contributed by atoms with E-state index in [0.29, 0.717) is 41.6 Å². The monoisotopic (exact) mass is 521 g/mol. The third-order valence-electron chi connectivity index (χ3n) is 4.97. The van der Waals surface area contributed by atoms with Gasteiger partial charge in [0.1, 0.15) is 23.3 Å². The van der Waals surface area contributed by atoms with Crippen LogP contribution < -0.4 is 15.8 Å². The average molecular weight is 522 g/mol. The van der Waals surface area contributed by atoms with Crippen LogP contribution in [0.4, 0.5) is 26.1 Å². The molecule has 3 rings (SSSR count). The molecule has 0 amide bonds. The van der Waals surface area contributed by atoms with E-state index in [1.807, 2.05) is 11.9 Å². The molecule has 0 aliphatic carbocycles. The lowest BCUT2D eigenvalue weighted by Crippen LogP contribution is -2.28. The molecule has 1 aromatic heterocycles. The van der Waals surface area contributed by atoms with Crippen LogP contribution in [0.2, 0.25) is 5.02 Å². The fourth-order valence-electron chi connectivity index (χ4n) is 3.15. The van der Waals surface area contributed by atoms with Gasteiger partial charge in [-0.3, -0.25) is 0 Å². The van der Waals surface area contributed by atoms with E-state index < -0.39 is 11.6 Å². The van der Waals surface area contributed by atoms with Gasteiger partial charge in [-0.1, -0.05) is 11.6 Å². The highest BCUT2D eigenvalue weighted by atomic mass is 35.5. The second-order valence-electron chi connectivity index (χ2n) is 7.71. The minimum Gasteiger partial charge on any atom is -0.395 e. The summed E-state index contributed by atoms with van der Waals surface area (Å²) in [5, 5.41) is 20.6. The number of anilines is 3. The number of aliphatic hydroxyl groups is 1. The third-order valence-corrected chi connectivity index (χ3v) is 6.06. The maximum absolute atomic E-state index is 14.8. The van der Waals surface area contributed by atoms with Gasteiger partial charge in [-0.05, 0) is 62.3 Å². The van der Waals surface area contributed by atoms with Crippen LogP contribution in [0.5, 0.6) is 0 Å². The molecular weight excluding hydrogens is 496 g/mol. The Kier molecular flexibility index (Phi) is 9.21. The SMILES string of the molecule is CC(=N)c1c(N)nc(-c2ccc(NSc3cc(Cl)ccc3F)c(F)c2)nc1NCCN(C)CCO. The topological polar surface area (TPSA) is 123 Å². The zero-order valence-electron chi connectivity index (χ0n) is 19.2. The lowest BCUT2D eigenvalue weighted by atomic mass is 10.1. The normalized spacial score (nSPS) is 11.1. The number of aromatic nitrogens is 2. The fourth-order valence-corrected chi connectivity index (χ4v) is 4.13. The van der Waals surface area contributed by atoms with Crippen molar-refractivity contribution in [1.82, 2.24) is 14.9 Å². The molecule has 186 valence electrons. The highest BCUT2D eigenvalue weighted by Gasteiger charge is 2.17. The summed E-state index contributed by atoms with van der Waals surface area (Å²) in [6, 6.07) is 8.48. The molecule has 0 radical (unpaired) electrons. The molecular formula is C23H26ClF2N7OS. The number of hydrogen-bond acceptors (Lipinski definition) is 9. The smallest absolute Gasteiger partial charge is 0.163 e. The fraction of sp³-hybridized carbons (Fsp3) is 0.261. The Morgan fingerprint density at radius 2 is 1.94 bits per heavy atom. The summed E-state index contributed by atoms with van der Waals surface area (Å²) in [6.07, 6.45) is 0. The van der Waals surface area contributed by atoms with Gasteiger partial charge in [-0.2, -0.15) is 0 Å². The highest BCUT2D eigenvalue weighted by molar-refractivity contribution is 8.00. The molecule has 0 saturated heterocycles. The maximum atomic E-state index is 14.8. The van der Waals surface area contributed by atoms with E-state index in [1.165, 1.54) is 30.3 Å². The van der Waals surface area contributed by atoms with E-state index in [1.54, 1.807) is 13.0 Å². The lowest BCUT2D eigenvalue weighted by molar-refractivity contribution is 0.225. The molecule has 8 nitrogen and oxygen atoms in total. The zero-order valence-corrected chi connectivity index (χ0v) is 20.8. The molecule has 35 heavy (non-hydrogen) atoms. The van der Waals surface area contributed by atoms with Gasteiger partial charge in [-0.25, -0.2) is 18.7 Å². The molecule has 0 bridgehead atoms. The van der Waals surface area contributed by atoms with E-state index in [0.717, 1.165) is 11.9 Å². The van der Waals surface area contributed by atoms with Crippen molar-refractivity contribution in [3.63, 3.8) is 0 Å². The van der Waals surface area contributed by atoms with Crippen LogP contribution in [-0.4, -0.2) is 59.0 Å². The van der Waals surface area contributed by atoms with E-state index in [9.17, 15) is 8.78 Å². The summed E-state index contributed by atoms with van der Waals surface area (Å²) in [5.74, 6) is -0.406. The Morgan fingerprint density at radius 3 is 2.63 bits per heavy atom. The van der Waals surface area contributed by atoms with Crippen LogP contribution in [0, 0.1) is 17.0 Å². The van der Waals surface area contributed by atoms with Gasteiger partial charge in [0, 0.05) is 35.9 Å². The number of aliphatic hydroxyl groups excluding tert-OH is 1. The first-order valence-electron chi connectivity index (χ1n) is 10.6. The van der Waals surface area contributed by atoms with Gasteiger partial charge in [0.25, 0.3) is 0 Å². The largest absolute Gasteiger partial charge is 0.395 e. The van der Waals surface area contributed by atoms with Crippen molar-refractivity contribution in [2.24, 2.45) is 0 Å². The molecule has 0 aliphatic rings. The van der Waals surface area contributed by atoms with Gasteiger partial charge >= 0.3 is 0 Å². The van der Waals surface area contributed by atoms with Gasteiger partial charge in [0.05, 0.1) is 22.8 Å². The molecule has 0 unspecified atom stereocenters. The van der Waals surface area contributed by atoms with Crippen LogP contribution in [0.3, 0.4) is 0 Å². The number of hydrogen-bond donors (Lipinski definition) is 5. The van der Waals surface area contributed by atoms with Gasteiger partial charge in [0.15, 0.2) is 5.82 Å². The van der Waals surface area contributed by atoms with E-state index in [2.05, 4.69) is 20.0 Å². The molecule has 0 spiro atoms. The number of halogens is 3. The van der Waals surface area contributed by atoms with Crippen LogP contribution in [0.15, 0.2) is 41.3 Å². The number of nitrogens with two attached hydrogens (primary N) is 1. The standard InChI is InChI=1S/C23H26ClF2N7OS/c1-13(27)20-21(28)30-22(31-23(20)29-7-8-33(2)9-10-34)14-3-6-18(17(26)11-14)32-35-19-12-15(24)4-5-16(19)25/h3-6,11-12,27,32,34H,7-10H2,1-2H3,(H3,28,29,30,31). The first kappa shape index (κ1) is 26.6. The molecule has 0 fully saturated rings. The molecule has 12 heteroatoms. The first-order valence-corrected chi connectivity index (χ1v) is 11.8. The van der Waals surface area contributed by atoms with Gasteiger partial charge < -0.3 is 31.2 Å². The van der Waals surface area contributed by atoms with Crippen molar-refractivity contribution in [2.45, 2.75) is 11.8 Å². The average Bonchev–Trinajstić information content (AvgIpc) is 2.80. The van der Waals surface area contributed by atoms with Gasteiger partial charge in [0.2, 0.25) is 0 Å². The minimum absolute atomic E-state index is 0.0505. The molecule has 0 aliphatic heterocycles. The Balaban J connectivity index is 1.81. The number of nitrogen functional groups attached to an aromatic ring is 1. The summed E-state index contributed by atoms with van der Waals surface area (Å²) < 4.78 is 31.5. The molecule has 6 N–H and O–H groups in total. The molecule has 0 atom stereocenters. The van der Waals surface area contributed by atoms with Crippen molar-refractivity contribution in [1.29, 1.82) is 5.41 Å². The predicted octanol–water partition coefficient (Wildman–Crippen LogP) is 4.50. The van der Waals surface area contributed by atoms with Crippen molar-refractivity contribution < 1.29 is 13.9 Å². The highest BCUT2D eigenvalue weighted by Crippen LogP contribution is 2.30. The third kappa shape index (κ3) is 7.01. The molecule has 2 aromatic carbocycles. The van der Waals surface area contributed by atoms with Crippen LogP contribution >= 0.6 is 23.5 Å². The van der Waals surface area contributed by atoms with Crippen molar-refractivity contribution in [2.75, 3.05) is 49.1 Å². The molecule has 1 heterocycles. The summed E-state index contributed by atoms with van der Waals surface area (Å²) in [6.45, 7) is 3.27. The molecule has 0 saturated carbocycles. The number of nitrogens with one attached hydrogen (secondary N) is 3. The van der Waals surface area contributed by atoms with Crippen LogP contribution in [0.1, 0.15) is 12.5 Å². The Morgan fingerprint density at radius 1 is 1.17 bits per heavy atom.